The quantitative estimate of drug-likeness (QED) is 0.740. The number of hydrogen-bond donors (Lipinski definition) is 2. The molecule has 1 aliphatic carbocycles. The van der Waals surface area contributed by atoms with Gasteiger partial charge in [0.2, 0.25) is 5.91 Å². The van der Waals surface area contributed by atoms with Crippen molar-refractivity contribution in [2.45, 2.75) is 65.3 Å². The van der Waals surface area contributed by atoms with Crippen LogP contribution in [0.1, 0.15) is 69.7 Å². The van der Waals surface area contributed by atoms with Crippen LogP contribution in [0.2, 0.25) is 0 Å². The van der Waals surface area contributed by atoms with Crippen molar-refractivity contribution in [2.75, 3.05) is 5.32 Å². The molecule has 1 saturated carbocycles. The fourth-order valence-corrected chi connectivity index (χ4v) is 3.58. The Morgan fingerprint density at radius 2 is 1.60 bits per heavy atom. The van der Waals surface area contributed by atoms with E-state index in [1.807, 2.05) is 20.8 Å². The van der Waals surface area contributed by atoms with Crippen molar-refractivity contribution in [3.05, 3.63) is 58.5 Å². The Morgan fingerprint density at radius 1 is 0.967 bits per heavy atom. The molecule has 2 aromatic rings. The molecule has 2 N–H and O–H groups in total. The third-order valence-corrected chi connectivity index (χ3v) is 5.47. The van der Waals surface area contributed by atoms with Gasteiger partial charge >= 0.3 is 0 Å². The molecular weight excluding hydrogens is 378 g/mol. The van der Waals surface area contributed by atoms with Gasteiger partial charge in [0.05, 0.1) is 0 Å². The van der Waals surface area contributed by atoms with E-state index in [-0.39, 0.29) is 29.0 Å². The van der Waals surface area contributed by atoms with E-state index in [1.54, 1.807) is 42.6 Å². The van der Waals surface area contributed by atoms with Gasteiger partial charge in [-0.3, -0.25) is 19.0 Å². The molecule has 3 rings (SSSR count). The highest BCUT2D eigenvalue weighted by Gasteiger charge is 2.21. The summed E-state index contributed by atoms with van der Waals surface area (Å²) in [5.41, 5.74) is 0.600. The maximum absolute atomic E-state index is 12.9. The summed E-state index contributed by atoms with van der Waals surface area (Å²) in [5, 5.41) is 5.90. The largest absolute Gasteiger partial charge is 0.349 e. The second kappa shape index (κ2) is 9.28. The van der Waals surface area contributed by atoms with Crippen LogP contribution in [-0.4, -0.2) is 22.4 Å². The zero-order valence-electron chi connectivity index (χ0n) is 18.0. The van der Waals surface area contributed by atoms with Gasteiger partial charge in [0.25, 0.3) is 11.5 Å². The number of hydrogen-bond acceptors (Lipinski definition) is 3. The Balaban J connectivity index is 1.76. The standard InChI is InChI=1S/C24H31N3O3/c1-24(2,3)23(30)26-18-12-14-19(15-13-18)27-16-8-11-20(22(27)29)21(28)25-17-9-6-4-5-7-10-17/h8,11-17H,4-7,9-10H2,1-3H3,(H,25,28)(H,26,30). The van der Waals surface area contributed by atoms with E-state index in [1.165, 1.54) is 17.4 Å². The molecule has 0 bridgehead atoms. The molecular formula is C24H31N3O3. The molecule has 0 saturated heterocycles. The minimum atomic E-state index is -0.491. The number of anilines is 1. The molecule has 1 aliphatic rings. The Kier molecular flexibility index (Phi) is 6.75. The van der Waals surface area contributed by atoms with Crippen molar-refractivity contribution in [3.8, 4) is 5.69 Å². The maximum atomic E-state index is 12.9. The van der Waals surface area contributed by atoms with Crippen molar-refractivity contribution in [3.63, 3.8) is 0 Å². The predicted molar refractivity (Wildman–Crippen MR) is 119 cm³/mol. The number of aromatic nitrogens is 1. The number of benzene rings is 1. The van der Waals surface area contributed by atoms with Crippen LogP contribution in [0.5, 0.6) is 0 Å². The lowest BCUT2D eigenvalue weighted by atomic mass is 9.95. The van der Waals surface area contributed by atoms with Gasteiger partial charge in [-0.2, -0.15) is 0 Å². The van der Waals surface area contributed by atoms with Crippen LogP contribution in [0.4, 0.5) is 5.69 Å². The van der Waals surface area contributed by atoms with Gasteiger partial charge in [0.15, 0.2) is 0 Å². The third-order valence-electron chi connectivity index (χ3n) is 5.47. The predicted octanol–water partition coefficient (Wildman–Crippen LogP) is 4.27. The highest BCUT2D eigenvalue weighted by atomic mass is 16.2. The van der Waals surface area contributed by atoms with Crippen molar-refractivity contribution >= 4 is 17.5 Å². The first-order valence-electron chi connectivity index (χ1n) is 10.7. The lowest BCUT2D eigenvalue weighted by Gasteiger charge is -2.18. The molecule has 0 unspecified atom stereocenters. The lowest BCUT2D eigenvalue weighted by Crippen LogP contribution is -2.38. The van der Waals surface area contributed by atoms with Gasteiger partial charge in [-0.05, 0) is 49.2 Å². The third kappa shape index (κ3) is 5.38. The summed E-state index contributed by atoms with van der Waals surface area (Å²) in [6.45, 7) is 5.55. The molecule has 1 fully saturated rings. The number of nitrogens with one attached hydrogen (secondary N) is 2. The molecule has 6 nitrogen and oxygen atoms in total. The van der Waals surface area contributed by atoms with Gasteiger partial charge in [-0.15, -0.1) is 0 Å². The molecule has 0 spiro atoms. The number of rotatable bonds is 4. The van der Waals surface area contributed by atoms with Gasteiger partial charge in [0.1, 0.15) is 5.56 Å². The molecule has 160 valence electrons. The Hall–Kier alpha value is -2.89. The molecule has 0 aliphatic heterocycles. The van der Waals surface area contributed by atoms with Gasteiger partial charge in [-0.1, -0.05) is 46.5 Å². The SMILES string of the molecule is CC(C)(C)C(=O)Nc1ccc(-n2cccc(C(=O)NC3CCCCCC3)c2=O)cc1. The second-order valence-electron chi connectivity index (χ2n) is 9.01. The van der Waals surface area contributed by atoms with E-state index in [4.69, 9.17) is 0 Å². The second-order valence-corrected chi connectivity index (χ2v) is 9.01. The van der Waals surface area contributed by atoms with Gasteiger partial charge in [-0.25, -0.2) is 0 Å². The summed E-state index contributed by atoms with van der Waals surface area (Å²) in [4.78, 5) is 37.8. The first kappa shape index (κ1) is 21.8. The van der Waals surface area contributed by atoms with Gasteiger partial charge in [0, 0.05) is 29.0 Å². The zero-order chi connectivity index (χ0) is 21.7. The number of carbonyl (C=O) groups excluding carboxylic acids is 2. The summed E-state index contributed by atoms with van der Waals surface area (Å²) in [6.07, 6.45) is 8.22. The normalized spacial score (nSPS) is 15.3. The van der Waals surface area contributed by atoms with E-state index >= 15 is 0 Å². The molecule has 0 radical (unpaired) electrons. The van der Waals surface area contributed by atoms with E-state index in [9.17, 15) is 14.4 Å². The molecule has 2 amide bonds. The minimum absolute atomic E-state index is 0.0791. The van der Waals surface area contributed by atoms with Crippen molar-refractivity contribution in [1.82, 2.24) is 9.88 Å². The average molecular weight is 410 g/mol. The number of amides is 2. The highest BCUT2D eigenvalue weighted by molar-refractivity contribution is 5.95. The Bertz CT molecular complexity index is 947. The molecule has 0 atom stereocenters. The molecule has 6 heteroatoms. The summed E-state index contributed by atoms with van der Waals surface area (Å²) >= 11 is 0. The molecule has 30 heavy (non-hydrogen) atoms. The van der Waals surface area contributed by atoms with Crippen LogP contribution in [0.3, 0.4) is 0 Å². The van der Waals surface area contributed by atoms with Crippen molar-refractivity contribution in [1.29, 1.82) is 0 Å². The summed E-state index contributed by atoms with van der Waals surface area (Å²) in [7, 11) is 0. The van der Waals surface area contributed by atoms with E-state index < -0.39 is 5.41 Å². The zero-order valence-corrected chi connectivity index (χ0v) is 18.0. The van der Waals surface area contributed by atoms with E-state index in [2.05, 4.69) is 10.6 Å². The Labute approximate surface area is 177 Å². The monoisotopic (exact) mass is 409 g/mol. The average Bonchev–Trinajstić information content (AvgIpc) is 2.97. The summed E-state index contributed by atoms with van der Waals surface area (Å²) in [6, 6.07) is 10.4. The van der Waals surface area contributed by atoms with Crippen LogP contribution in [0, 0.1) is 5.41 Å². The number of carbonyl (C=O) groups is 2. The van der Waals surface area contributed by atoms with E-state index in [0.717, 1.165) is 25.7 Å². The fourth-order valence-electron chi connectivity index (χ4n) is 3.58. The first-order chi connectivity index (χ1) is 14.3. The number of nitrogens with zero attached hydrogens (tertiary/aromatic N) is 1. The Morgan fingerprint density at radius 3 is 2.20 bits per heavy atom. The maximum Gasteiger partial charge on any atom is 0.267 e. The van der Waals surface area contributed by atoms with Crippen molar-refractivity contribution in [2.24, 2.45) is 5.41 Å². The van der Waals surface area contributed by atoms with Gasteiger partial charge < -0.3 is 10.6 Å². The fraction of sp³-hybridized carbons (Fsp3) is 0.458. The van der Waals surface area contributed by atoms with Crippen LogP contribution in [-0.2, 0) is 4.79 Å². The van der Waals surface area contributed by atoms with Crippen LogP contribution < -0.4 is 16.2 Å². The molecule has 1 heterocycles. The highest BCUT2D eigenvalue weighted by Crippen LogP contribution is 2.19. The minimum Gasteiger partial charge on any atom is -0.349 e. The van der Waals surface area contributed by atoms with Crippen molar-refractivity contribution < 1.29 is 9.59 Å². The summed E-state index contributed by atoms with van der Waals surface area (Å²) < 4.78 is 1.46. The topological polar surface area (TPSA) is 80.2 Å². The summed E-state index contributed by atoms with van der Waals surface area (Å²) in [5.74, 6) is -0.389. The van der Waals surface area contributed by atoms with Crippen LogP contribution >= 0.6 is 0 Å². The first-order valence-corrected chi connectivity index (χ1v) is 10.7. The molecule has 1 aromatic heterocycles. The van der Waals surface area contributed by atoms with Crippen LogP contribution in [0.25, 0.3) is 5.69 Å². The van der Waals surface area contributed by atoms with E-state index in [0.29, 0.717) is 11.4 Å². The number of pyridine rings is 1. The smallest absolute Gasteiger partial charge is 0.267 e. The molecule has 1 aromatic carbocycles. The van der Waals surface area contributed by atoms with Crippen LogP contribution in [0.15, 0.2) is 47.4 Å². The lowest BCUT2D eigenvalue weighted by molar-refractivity contribution is -0.123.